The summed E-state index contributed by atoms with van der Waals surface area (Å²) in [6.45, 7) is 4.43. The second kappa shape index (κ2) is 6.39. The van der Waals surface area contributed by atoms with Crippen molar-refractivity contribution in [2.45, 2.75) is 39.0 Å². The third-order valence-corrected chi connectivity index (χ3v) is 3.27. The average molecular weight is 185 g/mol. The van der Waals surface area contributed by atoms with E-state index in [1.165, 1.54) is 32.1 Å². The first-order chi connectivity index (χ1) is 6.36. The molecule has 0 aromatic carbocycles. The van der Waals surface area contributed by atoms with Crippen LogP contribution in [0.2, 0.25) is 0 Å². The number of hydrogen-bond donors (Lipinski definition) is 2. The van der Waals surface area contributed by atoms with Gasteiger partial charge in [0.05, 0.1) is 6.61 Å². The fourth-order valence-corrected chi connectivity index (χ4v) is 2.23. The number of rotatable bonds is 5. The van der Waals surface area contributed by atoms with Crippen LogP contribution in [0.5, 0.6) is 0 Å². The molecule has 0 unspecified atom stereocenters. The van der Waals surface area contributed by atoms with E-state index < -0.39 is 0 Å². The molecule has 1 fully saturated rings. The molecule has 1 aliphatic carbocycles. The SMILES string of the molecule is CCC1CCC(CNCCO)CC1. The van der Waals surface area contributed by atoms with Crippen LogP contribution in [0, 0.1) is 11.8 Å². The lowest BCUT2D eigenvalue weighted by Gasteiger charge is -2.27. The summed E-state index contributed by atoms with van der Waals surface area (Å²) in [5, 5.41) is 11.9. The first-order valence-corrected chi connectivity index (χ1v) is 5.68. The molecule has 0 heterocycles. The van der Waals surface area contributed by atoms with Crippen LogP contribution in [0.15, 0.2) is 0 Å². The van der Waals surface area contributed by atoms with E-state index in [9.17, 15) is 0 Å². The van der Waals surface area contributed by atoms with Gasteiger partial charge in [-0.3, -0.25) is 0 Å². The molecule has 0 radical (unpaired) electrons. The molecule has 0 bridgehead atoms. The maximum absolute atomic E-state index is 8.61. The van der Waals surface area contributed by atoms with Crippen LogP contribution in [0.3, 0.4) is 0 Å². The van der Waals surface area contributed by atoms with E-state index in [2.05, 4.69) is 12.2 Å². The molecule has 1 aliphatic rings. The van der Waals surface area contributed by atoms with Gasteiger partial charge in [0.2, 0.25) is 0 Å². The normalized spacial score (nSPS) is 29.1. The highest BCUT2D eigenvalue weighted by molar-refractivity contribution is 4.73. The maximum Gasteiger partial charge on any atom is 0.0555 e. The Labute approximate surface area is 81.7 Å². The molecule has 1 saturated carbocycles. The van der Waals surface area contributed by atoms with Crippen LogP contribution in [0.1, 0.15) is 39.0 Å². The summed E-state index contributed by atoms with van der Waals surface area (Å²) in [6.07, 6.45) is 6.97. The number of hydrogen-bond acceptors (Lipinski definition) is 2. The molecule has 13 heavy (non-hydrogen) atoms. The molecular formula is C11H23NO. The summed E-state index contributed by atoms with van der Waals surface area (Å²) >= 11 is 0. The Bertz CT molecular complexity index is 117. The van der Waals surface area contributed by atoms with Gasteiger partial charge < -0.3 is 10.4 Å². The van der Waals surface area contributed by atoms with E-state index in [0.717, 1.165) is 24.9 Å². The minimum Gasteiger partial charge on any atom is -0.395 e. The zero-order valence-electron chi connectivity index (χ0n) is 8.76. The third kappa shape index (κ3) is 4.10. The van der Waals surface area contributed by atoms with Crippen molar-refractivity contribution in [1.82, 2.24) is 5.32 Å². The molecular weight excluding hydrogens is 162 g/mol. The molecule has 0 aromatic rings. The van der Waals surface area contributed by atoms with E-state index in [4.69, 9.17) is 5.11 Å². The number of aliphatic hydroxyl groups excluding tert-OH is 1. The minimum absolute atomic E-state index is 0.268. The molecule has 78 valence electrons. The molecule has 0 spiro atoms. The number of nitrogens with one attached hydrogen (secondary N) is 1. The van der Waals surface area contributed by atoms with Crippen molar-refractivity contribution in [3.05, 3.63) is 0 Å². The first-order valence-electron chi connectivity index (χ1n) is 5.68. The van der Waals surface area contributed by atoms with E-state index in [1.807, 2.05) is 0 Å². The van der Waals surface area contributed by atoms with E-state index in [0.29, 0.717) is 0 Å². The summed E-state index contributed by atoms with van der Waals surface area (Å²) in [6, 6.07) is 0. The van der Waals surface area contributed by atoms with E-state index in [1.54, 1.807) is 0 Å². The summed E-state index contributed by atoms with van der Waals surface area (Å²) in [5.74, 6) is 1.86. The highest BCUT2D eigenvalue weighted by Gasteiger charge is 2.19. The predicted molar refractivity (Wildman–Crippen MR) is 55.7 cm³/mol. The Hall–Kier alpha value is -0.0800. The zero-order valence-corrected chi connectivity index (χ0v) is 8.76. The molecule has 0 aromatic heterocycles. The number of aliphatic hydroxyl groups is 1. The van der Waals surface area contributed by atoms with E-state index >= 15 is 0 Å². The lowest BCUT2D eigenvalue weighted by molar-refractivity contribution is 0.249. The largest absolute Gasteiger partial charge is 0.395 e. The quantitative estimate of drug-likeness (QED) is 0.640. The van der Waals surface area contributed by atoms with Crippen LogP contribution >= 0.6 is 0 Å². The molecule has 2 heteroatoms. The van der Waals surface area contributed by atoms with Crippen molar-refractivity contribution in [2.24, 2.45) is 11.8 Å². The summed E-state index contributed by atoms with van der Waals surface area (Å²) in [4.78, 5) is 0. The van der Waals surface area contributed by atoms with Crippen molar-refractivity contribution >= 4 is 0 Å². The van der Waals surface area contributed by atoms with E-state index in [-0.39, 0.29) is 6.61 Å². The molecule has 0 aliphatic heterocycles. The maximum atomic E-state index is 8.61. The average Bonchev–Trinajstić information content (AvgIpc) is 2.19. The lowest BCUT2D eigenvalue weighted by Crippen LogP contribution is -2.28. The molecule has 0 atom stereocenters. The molecule has 0 amide bonds. The zero-order chi connectivity index (χ0) is 9.52. The molecule has 2 N–H and O–H groups in total. The Morgan fingerprint density at radius 3 is 2.31 bits per heavy atom. The summed E-state index contributed by atoms with van der Waals surface area (Å²) in [5.41, 5.74) is 0. The first kappa shape index (κ1) is 11.0. The minimum atomic E-state index is 0.268. The van der Waals surface area contributed by atoms with Crippen molar-refractivity contribution in [1.29, 1.82) is 0 Å². The van der Waals surface area contributed by atoms with Crippen molar-refractivity contribution < 1.29 is 5.11 Å². The highest BCUT2D eigenvalue weighted by Crippen LogP contribution is 2.29. The van der Waals surface area contributed by atoms with Crippen LogP contribution in [0.4, 0.5) is 0 Å². The smallest absolute Gasteiger partial charge is 0.0555 e. The standard InChI is InChI=1S/C11H23NO/c1-2-10-3-5-11(6-4-10)9-12-7-8-13/h10-13H,2-9H2,1H3. The topological polar surface area (TPSA) is 32.3 Å². The molecule has 0 saturated heterocycles. The fraction of sp³-hybridized carbons (Fsp3) is 1.00. The van der Waals surface area contributed by atoms with Crippen LogP contribution in [-0.2, 0) is 0 Å². The highest BCUT2D eigenvalue weighted by atomic mass is 16.3. The Kier molecular flexibility index (Phi) is 5.40. The fourth-order valence-electron chi connectivity index (χ4n) is 2.23. The van der Waals surface area contributed by atoms with Crippen molar-refractivity contribution in [3.8, 4) is 0 Å². The van der Waals surface area contributed by atoms with Crippen molar-refractivity contribution in [3.63, 3.8) is 0 Å². The molecule has 2 nitrogen and oxygen atoms in total. The van der Waals surface area contributed by atoms with Crippen LogP contribution in [-0.4, -0.2) is 24.8 Å². The van der Waals surface area contributed by atoms with Gasteiger partial charge in [0.15, 0.2) is 0 Å². The van der Waals surface area contributed by atoms with Gasteiger partial charge in [-0.15, -0.1) is 0 Å². The Morgan fingerprint density at radius 1 is 1.15 bits per heavy atom. The third-order valence-electron chi connectivity index (χ3n) is 3.27. The Balaban J connectivity index is 2.03. The van der Waals surface area contributed by atoms with Gasteiger partial charge in [0.25, 0.3) is 0 Å². The second-order valence-corrected chi connectivity index (χ2v) is 4.22. The van der Waals surface area contributed by atoms with Gasteiger partial charge in [-0.1, -0.05) is 26.2 Å². The van der Waals surface area contributed by atoms with Gasteiger partial charge in [-0.2, -0.15) is 0 Å². The lowest BCUT2D eigenvalue weighted by atomic mass is 9.81. The Morgan fingerprint density at radius 2 is 1.77 bits per heavy atom. The van der Waals surface area contributed by atoms with Gasteiger partial charge in [-0.05, 0) is 31.2 Å². The van der Waals surface area contributed by atoms with Gasteiger partial charge in [0.1, 0.15) is 0 Å². The second-order valence-electron chi connectivity index (χ2n) is 4.22. The van der Waals surface area contributed by atoms with Gasteiger partial charge >= 0.3 is 0 Å². The van der Waals surface area contributed by atoms with Crippen molar-refractivity contribution in [2.75, 3.05) is 19.7 Å². The monoisotopic (exact) mass is 185 g/mol. The van der Waals surface area contributed by atoms with Gasteiger partial charge in [0, 0.05) is 6.54 Å². The van der Waals surface area contributed by atoms with Crippen LogP contribution < -0.4 is 5.32 Å². The van der Waals surface area contributed by atoms with Gasteiger partial charge in [-0.25, -0.2) is 0 Å². The predicted octanol–water partition coefficient (Wildman–Crippen LogP) is 1.78. The van der Waals surface area contributed by atoms with Crippen LogP contribution in [0.25, 0.3) is 0 Å². The summed E-state index contributed by atoms with van der Waals surface area (Å²) < 4.78 is 0. The molecule has 1 rings (SSSR count). The summed E-state index contributed by atoms with van der Waals surface area (Å²) in [7, 11) is 0.